The number of para-hydroxylation sites is 1. The van der Waals surface area contributed by atoms with Gasteiger partial charge in [-0.3, -0.25) is 14.9 Å². The van der Waals surface area contributed by atoms with Gasteiger partial charge in [0.05, 0.1) is 17.8 Å². The van der Waals surface area contributed by atoms with Crippen LogP contribution in [-0.4, -0.2) is 41.3 Å². The number of esters is 1. The Morgan fingerprint density at radius 1 is 1.07 bits per heavy atom. The van der Waals surface area contributed by atoms with Gasteiger partial charge in [0.25, 0.3) is 5.91 Å². The summed E-state index contributed by atoms with van der Waals surface area (Å²) in [5, 5.41) is 9.46. The molecule has 0 aliphatic carbocycles. The van der Waals surface area contributed by atoms with Crippen LogP contribution in [0.4, 0.5) is 4.79 Å². The fourth-order valence-corrected chi connectivity index (χ4v) is 2.81. The average Bonchev–Trinajstić information content (AvgIpc) is 3.17. The Labute approximate surface area is 177 Å². The molecule has 0 fully saturated rings. The lowest BCUT2D eigenvalue weighted by molar-refractivity contribution is -0.147. The molecule has 2 N–H and O–H groups in total. The topological polar surface area (TPSA) is 102 Å². The Kier molecular flexibility index (Phi) is 6.82. The standard InChI is InChI=1S/C21H19ClN4O4/c1-23-21(29)24-18(27)13-30-19(28)11-15-12-26(17-5-3-2-4-6-17)25-20(15)14-7-9-16(22)10-8-14/h2-10,12H,11,13H2,1H3,(H2,23,24,27,29). The van der Waals surface area contributed by atoms with Crippen molar-refractivity contribution < 1.29 is 19.1 Å². The molecule has 0 atom stereocenters. The molecule has 3 rings (SSSR count). The van der Waals surface area contributed by atoms with Crippen molar-refractivity contribution in [3.05, 3.63) is 71.4 Å². The lowest BCUT2D eigenvalue weighted by Gasteiger charge is -2.06. The van der Waals surface area contributed by atoms with Gasteiger partial charge in [0, 0.05) is 29.4 Å². The van der Waals surface area contributed by atoms with Crippen LogP contribution in [0.5, 0.6) is 0 Å². The zero-order valence-electron chi connectivity index (χ0n) is 16.1. The van der Waals surface area contributed by atoms with Crippen molar-refractivity contribution in [3.8, 4) is 16.9 Å². The second kappa shape index (κ2) is 9.71. The molecule has 0 spiro atoms. The normalized spacial score (nSPS) is 10.3. The lowest BCUT2D eigenvalue weighted by Crippen LogP contribution is -2.39. The predicted molar refractivity (Wildman–Crippen MR) is 111 cm³/mol. The maximum atomic E-state index is 12.3. The van der Waals surface area contributed by atoms with Crippen LogP contribution in [0.3, 0.4) is 0 Å². The summed E-state index contributed by atoms with van der Waals surface area (Å²) in [6.07, 6.45) is 1.64. The van der Waals surface area contributed by atoms with Gasteiger partial charge in [-0.1, -0.05) is 41.9 Å². The van der Waals surface area contributed by atoms with E-state index in [1.165, 1.54) is 7.05 Å². The molecular formula is C21H19ClN4O4. The van der Waals surface area contributed by atoms with Gasteiger partial charge in [-0.15, -0.1) is 0 Å². The fourth-order valence-electron chi connectivity index (χ4n) is 2.68. The van der Waals surface area contributed by atoms with E-state index in [1.54, 1.807) is 23.0 Å². The Hall–Kier alpha value is -3.65. The summed E-state index contributed by atoms with van der Waals surface area (Å²) >= 11 is 5.98. The SMILES string of the molecule is CNC(=O)NC(=O)COC(=O)Cc1cn(-c2ccccc2)nc1-c1ccc(Cl)cc1. The minimum Gasteiger partial charge on any atom is -0.455 e. The molecule has 0 saturated heterocycles. The summed E-state index contributed by atoms with van der Waals surface area (Å²) in [6.45, 7) is -0.560. The second-order valence-electron chi connectivity index (χ2n) is 6.25. The van der Waals surface area contributed by atoms with Gasteiger partial charge in [-0.2, -0.15) is 5.10 Å². The van der Waals surface area contributed by atoms with Gasteiger partial charge >= 0.3 is 12.0 Å². The van der Waals surface area contributed by atoms with Gasteiger partial charge in [-0.25, -0.2) is 9.48 Å². The Bertz CT molecular complexity index is 1050. The molecular weight excluding hydrogens is 408 g/mol. The number of amides is 3. The molecule has 3 amide bonds. The van der Waals surface area contributed by atoms with E-state index in [4.69, 9.17) is 16.3 Å². The third-order valence-corrected chi connectivity index (χ3v) is 4.36. The molecule has 0 aliphatic rings. The van der Waals surface area contributed by atoms with Crippen LogP contribution < -0.4 is 10.6 Å². The number of aromatic nitrogens is 2. The average molecular weight is 427 g/mol. The van der Waals surface area contributed by atoms with E-state index in [2.05, 4.69) is 10.4 Å². The first-order chi connectivity index (χ1) is 14.5. The van der Waals surface area contributed by atoms with Crippen LogP contribution in [-0.2, 0) is 20.7 Å². The first-order valence-corrected chi connectivity index (χ1v) is 9.41. The quantitative estimate of drug-likeness (QED) is 0.590. The first-order valence-electron chi connectivity index (χ1n) is 9.03. The van der Waals surface area contributed by atoms with E-state index < -0.39 is 24.5 Å². The lowest BCUT2D eigenvalue weighted by atomic mass is 10.1. The van der Waals surface area contributed by atoms with E-state index in [9.17, 15) is 14.4 Å². The van der Waals surface area contributed by atoms with Crippen molar-refractivity contribution in [1.82, 2.24) is 20.4 Å². The fraction of sp³-hybridized carbons (Fsp3) is 0.143. The number of rotatable bonds is 6. The number of urea groups is 1. The van der Waals surface area contributed by atoms with E-state index in [0.717, 1.165) is 11.3 Å². The monoisotopic (exact) mass is 426 g/mol. The van der Waals surface area contributed by atoms with Gasteiger partial charge in [0.2, 0.25) is 0 Å². The molecule has 0 saturated carbocycles. The van der Waals surface area contributed by atoms with Crippen molar-refractivity contribution in [3.63, 3.8) is 0 Å². The summed E-state index contributed by atoms with van der Waals surface area (Å²) in [6, 6.07) is 15.9. The van der Waals surface area contributed by atoms with Gasteiger partial charge < -0.3 is 10.1 Å². The van der Waals surface area contributed by atoms with E-state index in [0.29, 0.717) is 16.3 Å². The number of benzene rings is 2. The van der Waals surface area contributed by atoms with Crippen LogP contribution in [0.2, 0.25) is 5.02 Å². The van der Waals surface area contributed by atoms with Crippen molar-refractivity contribution in [2.45, 2.75) is 6.42 Å². The Morgan fingerprint density at radius 2 is 1.77 bits per heavy atom. The number of imide groups is 1. The number of nitrogens with zero attached hydrogens (tertiary/aromatic N) is 2. The second-order valence-corrected chi connectivity index (χ2v) is 6.69. The highest BCUT2D eigenvalue weighted by Crippen LogP contribution is 2.26. The van der Waals surface area contributed by atoms with Crippen molar-refractivity contribution in [2.24, 2.45) is 0 Å². The Balaban J connectivity index is 1.79. The summed E-state index contributed by atoms with van der Waals surface area (Å²) in [5.41, 5.74) is 2.84. The third kappa shape index (κ3) is 5.45. The highest BCUT2D eigenvalue weighted by atomic mass is 35.5. The highest BCUT2D eigenvalue weighted by molar-refractivity contribution is 6.30. The number of carbonyl (C=O) groups is 3. The van der Waals surface area contributed by atoms with E-state index in [-0.39, 0.29) is 6.42 Å². The number of hydrogen-bond acceptors (Lipinski definition) is 5. The molecule has 1 heterocycles. The van der Waals surface area contributed by atoms with Gasteiger partial charge in [0.1, 0.15) is 0 Å². The highest BCUT2D eigenvalue weighted by Gasteiger charge is 2.17. The van der Waals surface area contributed by atoms with Crippen LogP contribution in [0.1, 0.15) is 5.56 Å². The molecule has 1 aromatic heterocycles. The smallest absolute Gasteiger partial charge is 0.321 e. The number of halogens is 1. The summed E-state index contributed by atoms with van der Waals surface area (Å²) < 4.78 is 6.66. The molecule has 3 aromatic rings. The molecule has 0 bridgehead atoms. The number of hydrogen-bond donors (Lipinski definition) is 2. The molecule has 0 radical (unpaired) electrons. The maximum absolute atomic E-state index is 12.3. The van der Waals surface area contributed by atoms with E-state index >= 15 is 0 Å². The molecule has 30 heavy (non-hydrogen) atoms. The third-order valence-electron chi connectivity index (χ3n) is 4.11. The number of carbonyl (C=O) groups excluding carboxylic acids is 3. The Morgan fingerprint density at radius 3 is 2.43 bits per heavy atom. The van der Waals surface area contributed by atoms with Crippen molar-refractivity contribution >= 4 is 29.5 Å². The van der Waals surface area contributed by atoms with E-state index in [1.807, 2.05) is 47.8 Å². The van der Waals surface area contributed by atoms with Crippen LogP contribution in [0, 0.1) is 0 Å². The van der Waals surface area contributed by atoms with Gasteiger partial charge in [-0.05, 0) is 24.3 Å². The molecule has 2 aromatic carbocycles. The molecule has 8 nitrogen and oxygen atoms in total. The molecule has 0 unspecified atom stereocenters. The first kappa shape index (κ1) is 21.1. The van der Waals surface area contributed by atoms with Crippen LogP contribution >= 0.6 is 11.6 Å². The van der Waals surface area contributed by atoms with Crippen molar-refractivity contribution in [2.75, 3.05) is 13.7 Å². The number of ether oxygens (including phenoxy) is 1. The predicted octanol–water partition coefficient (Wildman–Crippen LogP) is 2.73. The molecule has 9 heteroatoms. The molecule has 154 valence electrons. The van der Waals surface area contributed by atoms with Crippen LogP contribution in [0.15, 0.2) is 60.8 Å². The summed E-state index contributed by atoms with van der Waals surface area (Å²) in [7, 11) is 1.37. The van der Waals surface area contributed by atoms with Crippen LogP contribution in [0.25, 0.3) is 16.9 Å². The minimum absolute atomic E-state index is 0.0992. The largest absolute Gasteiger partial charge is 0.455 e. The summed E-state index contributed by atoms with van der Waals surface area (Å²) in [5.74, 6) is -1.34. The maximum Gasteiger partial charge on any atom is 0.321 e. The zero-order valence-corrected chi connectivity index (χ0v) is 16.8. The zero-order chi connectivity index (χ0) is 21.5. The minimum atomic E-state index is -0.722. The molecule has 0 aliphatic heterocycles. The number of nitrogens with one attached hydrogen (secondary N) is 2. The van der Waals surface area contributed by atoms with Crippen molar-refractivity contribution in [1.29, 1.82) is 0 Å². The van der Waals surface area contributed by atoms with Gasteiger partial charge in [0.15, 0.2) is 6.61 Å². The summed E-state index contributed by atoms with van der Waals surface area (Å²) in [4.78, 5) is 35.0.